The first-order valence-corrected chi connectivity index (χ1v) is 4.17. The molecule has 1 heterocycles. The molecule has 0 bridgehead atoms. The van der Waals surface area contributed by atoms with Gasteiger partial charge in [0.25, 0.3) is 0 Å². The summed E-state index contributed by atoms with van der Waals surface area (Å²) in [5.74, 6) is 0.157. The van der Waals surface area contributed by atoms with E-state index < -0.39 is 0 Å². The number of rotatable bonds is 2. The van der Waals surface area contributed by atoms with Crippen molar-refractivity contribution in [3.05, 3.63) is 21.3 Å². The van der Waals surface area contributed by atoms with E-state index in [0.717, 1.165) is 4.88 Å². The first kappa shape index (κ1) is 7.76. The number of carbonyl (C=O) groups excluding carboxylic acids is 1. The van der Waals surface area contributed by atoms with Crippen molar-refractivity contribution in [2.24, 2.45) is 0 Å². The summed E-state index contributed by atoms with van der Waals surface area (Å²) in [6.07, 6.45) is 0.469. The van der Waals surface area contributed by atoms with Gasteiger partial charge in [0.1, 0.15) is 5.78 Å². The minimum Gasteiger partial charge on any atom is -0.300 e. The van der Waals surface area contributed by atoms with Crippen LogP contribution < -0.4 is 0 Å². The zero-order valence-corrected chi connectivity index (χ0v) is 7.13. The van der Waals surface area contributed by atoms with Crippen LogP contribution in [0.1, 0.15) is 11.8 Å². The Hall–Kier alpha value is -0.340. The van der Waals surface area contributed by atoms with Gasteiger partial charge >= 0.3 is 0 Å². The monoisotopic (exact) mass is 174 g/mol. The SMILES string of the molecule is CC(=O)Cc1sccc1Cl. The Bertz CT molecular complexity index is 242. The molecular weight excluding hydrogens is 168 g/mol. The topological polar surface area (TPSA) is 17.1 Å². The van der Waals surface area contributed by atoms with Crippen LogP contribution in [0.3, 0.4) is 0 Å². The zero-order valence-electron chi connectivity index (χ0n) is 5.56. The molecule has 3 heteroatoms. The summed E-state index contributed by atoms with van der Waals surface area (Å²) in [5, 5.41) is 2.60. The van der Waals surface area contributed by atoms with Gasteiger partial charge < -0.3 is 0 Å². The first-order valence-electron chi connectivity index (χ1n) is 2.91. The van der Waals surface area contributed by atoms with E-state index in [1.807, 2.05) is 11.4 Å². The normalized spacial score (nSPS) is 9.80. The minimum absolute atomic E-state index is 0.157. The maximum Gasteiger partial charge on any atom is 0.135 e. The molecule has 1 aromatic heterocycles. The van der Waals surface area contributed by atoms with Crippen molar-refractivity contribution in [3.8, 4) is 0 Å². The first-order chi connectivity index (χ1) is 4.70. The molecule has 0 amide bonds. The predicted octanol–water partition coefficient (Wildman–Crippen LogP) is 2.53. The van der Waals surface area contributed by atoms with Crippen molar-refractivity contribution < 1.29 is 4.79 Å². The lowest BCUT2D eigenvalue weighted by Crippen LogP contribution is -1.93. The van der Waals surface area contributed by atoms with Crippen LogP contribution in [-0.2, 0) is 11.2 Å². The molecule has 1 rings (SSSR count). The average molecular weight is 175 g/mol. The average Bonchev–Trinajstić information content (AvgIpc) is 2.15. The molecule has 0 aromatic carbocycles. The van der Waals surface area contributed by atoms with Gasteiger partial charge in [0.2, 0.25) is 0 Å². The molecule has 0 radical (unpaired) electrons. The summed E-state index contributed by atoms with van der Waals surface area (Å²) in [6, 6.07) is 1.81. The Morgan fingerprint density at radius 3 is 2.90 bits per heavy atom. The van der Waals surface area contributed by atoms with Crippen LogP contribution in [0.15, 0.2) is 11.4 Å². The molecule has 0 saturated heterocycles. The van der Waals surface area contributed by atoms with E-state index >= 15 is 0 Å². The van der Waals surface area contributed by atoms with Gasteiger partial charge in [-0.1, -0.05) is 11.6 Å². The number of hydrogen-bond acceptors (Lipinski definition) is 2. The van der Waals surface area contributed by atoms with Crippen LogP contribution in [-0.4, -0.2) is 5.78 Å². The summed E-state index contributed by atoms with van der Waals surface area (Å²) in [5.41, 5.74) is 0. The molecule has 10 heavy (non-hydrogen) atoms. The molecular formula is C7H7ClOS. The zero-order chi connectivity index (χ0) is 7.56. The third-order valence-electron chi connectivity index (χ3n) is 1.10. The van der Waals surface area contributed by atoms with E-state index in [0.29, 0.717) is 11.4 Å². The molecule has 0 saturated carbocycles. The second-order valence-corrected chi connectivity index (χ2v) is 3.48. The van der Waals surface area contributed by atoms with Crippen LogP contribution in [0.4, 0.5) is 0 Å². The van der Waals surface area contributed by atoms with Gasteiger partial charge in [0.15, 0.2) is 0 Å². The highest BCUT2D eigenvalue weighted by Gasteiger charge is 2.02. The molecule has 0 unspecified atom stereocenters. The second-order valence-electron chi connectivity index (χ2n) is 2.07. The van der Waals surface area contributed by atoms with Crippen molar-refractivity contribution in [1.29, 1.82) is 0 Å². The Balaban J connectivity index is 2.74. The lowest BCUT2D eigenvalue weighted by atomic mass is 10.3. The summed E-state index contributed by atoms with van der Waals surface area (Å²) in [6.45, 7) is 1.57. The Morgan fingerprint density at radius 1 is 1.80 bits per heavy atom. The highest BCUT2D eigenvalue weighted by atomic mass is 35.5. The Kier molecular flexibility index (Phi) is 2.46. The van der Waals surface area contributed by atoms with Crippen molar-refractivity contribution in [2.45, 2.75) is 13.3 Å². The lowest BCUT2D eigenvalue weighted by Gasteiger charge is -1.90. The summed E-state index contributed by atoms with van der Waals surface area (Å²) >= 11 is 7.27. The van der Waals surface area contributed by atoms with Gasteiger partial charge in [-0.05, 0) is 18.4 Å². The van der Waals surface area contributed by atoms with Gasteiger partial charge in [-0.15, -0.1) is 11.3 Å². The summed E-state index contributed by atoms with van der Waals surface area (Å²) < 4.78 is 0. The van der Waals surface area contributed by atoms with Crippen molar-refractivity contribution in [3.63, 3.8) is 0 Å². The van der Waals surface area contributed by atoms with Gasteiger partial charge in [-0.2, -0.15) is 0 Å². The fourth-order valence-electron chi connectivity index (χ4n) is 0.677. The Morgan fingerprint density at radius 2 is 2.50 bits per heavy atom. The lowest BCUT2D eigenvalue weighted by molar-refractivity contribution is -0.116. The van der Waals surface area contributed by atoms with E-state index in [4.69, 9.17) is 11.6 Å². The molecule has 1 aromatic rings. The van der Waals surface area contributed by atoms with Crippen molar-refractivity contribution in [1.82, 2.24) is 0 Å². The second kappa shape index (κ2) is 3.17. The molecule has 0 spiro atoms. The fourth-order valence-corrected chi connectivity index (χ4v) is 1.85. The molecule has 0 aliphatic rings. The summed E-state index contributed by atoms with van der Waals surface area (Å²) in [4.78, 5) is 11.6. The highest BCUT2D eigenvalue weighted by Crippen LogP contribution is 2.22. The van der Waals surface area contributed by atoms with E-state index in [2.05, 4.69) is 0 Å². The minimum atomic E-state index is 0.157. The van der Waals surface area contributed by atoms with Crippen LogP contribution in [0.5, 0.6) is 0 Å². The van der Waals surface area contributed by atoms with Crippen LogP contribution in [0, 0.1) is 0 Å². The predicted molar refractivity (Wildman–Crippen MR) is 43.7 cm³/mol. The standard InChI is InChI=1S/C7H7ClOS/c1-5(9)4-7-6(8)2-3-10-7/h2-3H,4H2,1H3. The van der Waals surface area contributed by atoms with Crippen molar-refractivity contribution in [2.75, 3.05) is 0 Å². The van der Waals surface area contributed by atoms with E-state index in [1.54, 1.807) is 6.92 Å². The smallest absolute Gasteiger partial charge is 0.135 e. The number of thiophene rings is 1. The molecule has 0 aliphatic heterocycles. The number of ketones is 1. The quantitative estimate of drug-likeness (QED) is 0.674. The summed E-state index contributed by atoms with van der Waals surface area (Å²) in [7, 11) is 0. The van der Waals surface area contributed by atoms with Gasteiger partial charge in [0.05, 0.1) is 5.02 Å². The molecule has 0 N–H and O–H groups in total. The fraction of sp³-hybridized carbons (Fsp3) is 0.286. The van der Waals surface area contributed by atoms with E-state index in [1.165, 1.54) is 11.3 Å². The highest BCUT2D eigenvalue weighted by molar-refractivity contribution is 7.10. The number of hydrogen-bond donors (Lipinski definition) is 0. The third kappa shape index (κ3) is 1.82. The van der Waals surface area contributed by atoms with Crippen LogP contribution >= 0.6 is 22.9 Å². The third-order valence-corrected chi connectivity index (χ3v) is 2.49. The van der Waals surface area contributed by atoms with Crippen molar-refractivity contribution >= 4 is 28.7 Å². The maximum absolute atomic E-state index is 10.6. The number of Topliss-reactive ketones (excluding diaryl/α,β-unsaturated/α-hetero) is 1. The van der Waals surface area contributed by atoms with Crippen LogP contribution in [0.2, 0.25) is 5.02 Å². The van der Waals surface area contributed by atoms with Gasteiger partial charge in [-0.3, -0.25) is 4.79 Å². The molecule has 0 aliphatic carbocycles. The van der Waals surface area contributed by atoms with Gasteiger partial charge in [0, 0.05) is 11.3 Å². The van der Waals surface area contributed by atoms with E-state index in [9.17, 15) is 4.79 Å². The Labute approximate surface area is 68.6 Å². The number of carbonyl (C=O) groups is 1. The molecule has 54 valence electrons. The molecule has 1 nitrogen and oxygen atoms in total. The van der Waals surface area contributed by atoms with E-state index in [-0.39, 0.29) is 5.78 Å². The maximum atomic E-state index is 10.6. The number of halogens is 1. The molecule has 0 fully saturated rings. The van der Waals surface area contributed by atoms with Gasteiger partial charge in [-0.25, -0.2) is 0 Å². The van der Waals surface area contributed by atoms with Crippen LogP contribution in [0.25, 0.3) is 0 Å². The largest absolute Gasteiger partial charge is 0.300 e. The molecule has 0 atom stereocenters.